The van der Waals surface area contributed by atoms with Crippen LogP contribution < -0.4 is 5.73 Å². The average molecular weight is 214 g/mol. The van der Waals surface area contributed by atoms with Crippen LogP contribution in [0.25, 0.3) is 6.08 Å². The van der Waals surface area contributed by atoms with Gasteiger partial charge in [0.15, 0.2) is 0 Å². The number of hydrogen-bond acceptors (Lipinski definition) is 1. The van der Waals surface area contributed by atoms with E-state index in [0.717, 1.165) is 5.56 Å². The van der Waals surface area contributed by atoms with Crippen molar-refractivity contribution >= 4 is 23.6 Å². The molecule has 0 aromatic heterocycles. The minimum atomic E-state index is -0.460. The Morgan fingerprint density at radius 2 is 2.29 bits per heavy atom. The molecule has 0 atom stereocenters. The van der Waals surface area contributed by atoms with Crippen molar-refractivity contribution in [2.75, 3.05) is 0 Å². The molecular weight excluding hydrogens is 205 g/mol. The fourth-order valence-corrected chi connectivity index (χ4v) is 1.12. The van der Waals surface area contributed by atoms with Crippen LogP contribution in [0.1, 0.15) is 12.0 Å². The minimum absolute atomic E-state index is 0.0613. The first-order valence-electron chi connectivity index (χ1n) is 3.99. The molecule has 0 radical (unpaired) electrons. The molecule has 0 heterocycles. The van der Waals surface area contributed by atoms with Gasteiger partial charge in [-0.3, -0.25) is 4.79 Å². The SMILES string of the molecule is NC(=O)CC=Cc1ccc(F)c(Cl)c1. The van der Waals surface area contributed by atoms with E-state index in [4.69, 9.17) is 17.3 Å². The summed E-state index contributed by atoms with van der Waals surface area (Å²) in [5, 5.41) is 0.0613. The van der Waals surface area contributed by atoms with Crippen molar-refractivity contribution in [1.82, 2.24) is 0 Å². The van der Waals surface area contributed by atoms with E-state index in [2.05, 4.69) is 0 Å². The summed E-state index contributed by atoms with van der Waals surface area (Å²) in [5.41, 5.74) is 5.67. The second-order valence-corrected chi connectivity index (χ2v) is 3.15. The van der Waals surface area contributed by atoms with Crippen LogP contribution >= 0.6 is 11.6 Å². The van der Waals surface area contributed by atoms with Crippen molar-refractivity contribution in [3.63, 3.8) is 0 Å². The molecule has 2 nitrogen and oxygen atoms in total. The maximum absolute atomic E-state index is 12.7. The maximum atomic E-state index is 12.7. The van der Waals surface area contributed by atoms with E-state index >= 15 is 0 Å². The minimum Gasteiger partial charge on any atom is -0.369 e. The normalized spacial score (nSPS) is 10.7. The van der Waals surface area contributed by atoms with Crippen molar-refractivity contribution < 1.29 is 9.18 Å². The number of carbonyl (C=O) groups is 1. The van der Waals surface area contributed by atoms with Crippen LogP contribution in [0.4, 0.5) is 4.39 Å². The highest BCUT2D eigenvalue weighted by Crippen LogP contribution is 2.16. The summed E-state index contributed by atoms with van der Waals surface area (Å²) in [6.45, 7) is 0. The Balaban J connectivity index is 2.73. The predicted octanol–water partition coefficient (Wildman–Crippen LogP) is 2.37. The van der Waals surface area contributed by atoms with Crippen LogP contribution in [0.2, 0.25) is 5.02 Å². The van der Waals surface area contributed by atoms with E-state index in [1.807, 2.05) is 0 Å². The summed E-state index contributed by atoms with van der Waals surface area (Å²) in [6, 6.07) is 4.32. The summed E-state index contributed by atoms with van der Waals surface area (Å²) in [7, 11) is 0. The van der Waals surface area contributed by atoms with Gasteiger partial charge in [0, 0.05) is 6.42 Å². The molecule has 0 aliphatic rings. The summed E-state index contributed by atoms with van der Waals surface area (Å²) in [4.78, 5) is 10.4. The van der Waals surface area contributed by atoms with E-state index < -0.39 is 11.7 Å². The lowest BCUT2D eigenvalue weighted by Crippen LogP contribution is -2.07. The van der Waals surface area contributed by atoms with Gasteiger partial charge in [-0.15, -0.1) is 0 Å². The van der Waals surface area contributed by atoms with Crippen molar-refractivity contribution in [2.24, 2.45) is 5.73 Å². The zero-order valence-electron chi connectivity index (χ0n) is 7.34. The first kappa shape index (κ1) is 10.7. The highest BCUT2D eigenvalue weighted by molar-refractivity contribution is 6.30. The molecule has 0 saturated carbocycles. The first-order chi connectivity index (χ1) is 6.59. The van der Waals surface area contributed by atoms with Crippen molar-refractivity contribution in [1.29, 1.82) is 0 Å². The molecule has 0 saturated heterocycles. The molecular formula is C10H9ClFNO. The Morgan fingerprint density at radius 3 is 2.86 bits per heavy atom. The number of amides is 1. The number of primary amides is 1. The van der Waals surface area contributed by atoms with E-state index in [1.54, 1.807) is 18.2 Å². The van der Waals surface area contributed by atoms with Crippen molar-refractivity contribution in [3.05, 3.63) is 40.7 Å². The zero-order chi connectivity index (χ0) is 10.6. The smallest absolute Gasteiger partial charge is 0.221 e. The zero-order valence-corrected chi connectivity index (χ0v) is 8.09. The third-order valence-electron chi connectivity index (χ3n) is 1.57. The number of nitrogens with two attached hydrogens (primary N) is 1. The van der Waals surface area contributed by atoms with E-state index in [9.17, 15) is 9.18 Å². The third kappa shape index (κ3) is 3.18. The van der Waals surface area contributed by atoms with Crippen LogP contribution in [0, 0.1) is 5.82 Å². The molecule has 0 aliphatic heterocycles. The lowest BCUT2D eigenvalue weighted by atomic mass is 10.2. The second-order valence-electron chi connectivity index (χ2n) is 2.75. The van der Waals surface area contributed by atoms with Crippen LogP contribution in [-0.4, -0.2) is 5.91 Å². The topological polar surface area (TPSA) is 43.1 Å². The van der Waals surface area contributed by atoms with Crippen LogP contribution in [0.3, 0.4) is 0 Å². The molecule has 0 spiro atoms. The van der Waals surface area contributed by atoms with Crippen LogP contribution in [0.15, 0.2) is 24.3 Å². The Morgan fingerprint density at radius 1 is 1.57 bits per heavy atom. The quantitative estimate of drug-likeness (QED) is 0.823. The van der Waals surface area contributed by atoms with Gasteiger partial charge in [-0.1, -0.05) is 29.8 Å². The van der Waals surface area contributed by atoms with E-state index in [0.29, 0.717) is 0 Å². The predicted molar refractivity (Wildman–Crippen MR) is 54.3 cm³/mol. The molecule has 0 aliphatic carbocycles. The molecule has 1 aromatic rings. The Bertz CT molecular complexity index is 376. The fraction of sp³-hybridized carbons (Fsp3) is 0.100. The monoisotopic (exact) mass is 213 g/mol. The molecule has 0 unspecified atom stereocenters. The van der Waals surface area contributed by atoms with Gasteiger partial charge in [0.1, 0.15) is 5.82 Å². The molecule has 2 N–H and O–H groups in total. The van der Waals surface area contributed by atoms with Gasteiger partial charge in [0.2, 0.25) is 5.91 Å². The second kappa shape index (κ2) is 4.77. The van der Waals surface area contributed by atoms with E-state index in [1.165, 1.54) is 12.1 Å². The molecule has 0 fully saturated rings. The van der Waals surface area contributed by atoms with Gasteiger partial charge in [-0.05, 0) is 17.7 Å². The summed E-state index contributed by atoms with van der Waals surface area (Å²) < 4.78 is 12.7. The number of hydrogen-bond donors (Lipinski definition) is 1. The fourth-order valence-electron chi connectivity index (χ4n) is 0.927. The average Bonchev–Trinajstić information content (AvgIpc) is 2.10. The van der Waals surface area contributed by atoms with Gasteiger partial charge in [0.25, 0.3) is 0 Å². The largest absolute Gasteiger partial charge is 0.369 e. The molecule has 1 rings (SSSR count). The number of halogens is 2. The molecule has 4 heteroatoms. The van der Waals surface area contributed by atoms with Crippen molar-refractivity contribution in [3.8, 4) is 0 Å². The molecule has 0 bridgehead atoms. The maximum Gasteiger partial charge on any atom is 0.221 e. The molecule has 1 aromatic carbocycles. The Kier molecular flexibility index (Phi) is 3.65. The number of carbonyl (C=O) groups excluding carboxylic acids is 1. The summed E-state index contributed by atoms with van der Waals surface area (Å²) in [6.07, 6.45) is 3.43. The highest BCUT2D eigenvalue weighted by atomic mass is 35.5. The standard InChI is InChI=1S/C10H9ClFNO/c11-8-6-7(4-5-9(8)12)2-1-3-10(13)14/h1-2,4-6H,3H2,(H2,13,14). The van der Waals surface area contributed by atoms with Crippen LogP contribution in [-0.2, 0) is 4.79 Å². The van der Waals surface area contributed by atoms with Gasteiger partial charge in [-0.2, -0.15) is 0 Å². The highest BCUT2D eigenvalue weighted by Gasteiger charge is 1.97. The summed E-state index contributed by atoms with van der Waals surface area (Å²) >= 11 is 5.55. The Hall–Kier alpha value is -1.35. The Labute approximate surface area is 86.2 Å². The van der Waals surface area contributed by atoms with Crippen molar-refractivity contribution in [2.45, 2.75) is 6.42 Å². The number of benzene rings is 1. The van der Waals surface area contributed by atoms with Crippen LogP contribution in [0.5, 0.6) is 0 Å². The lowest BCUT2D eigenvalue weighted by molar-refractivity contribution is -0.117. The first-order valence-corrected chi connectivity index (χ1v) is 4.37. The molecule has 74 valence electrons. The number of rotatable bonds is 3. The lowest BCUT2D eigenvalue weighted by Gasteiger charge is -1.95. The third-order valence-corrected chi connectivity index (χ3v) is 1.86. The van der Waals surface area contributed by atoms with Gasteiger partial charge >= 0.3 is 0 Å². The van der Waals surface area contributed by atoms with Gasteiger partial charge in [0.05, 0.1) is 5.02 Å². The molecule has 14 heavy (non-hydrogen) atoms. The summed E-state index contributed by atoms with van der Waals surface area (Å²) in [5.74, 6) is -0.867. The van der Waals surface area contributed by atoms with Gasteiger partial charge < -0.3 is 5.73 Å². The van der Waals surface area contributed by atoms with E-state index in [-0.39, 0.29) is 11.4 Å². The van der Waals surface area contributed by atoms with Gasteiger partial charge in [-0.25, -0.2) is 4.39 Å². The molecule has 1 amide bonds.